The van der Waals surface area contributed by atoms with Gasteiger partial charge in [0, 0.05) is 13.8 Å². The second-order valence-electron chi connectivity index (χ2n) is 3.02. The predicted molar refractivity (Wildman–Crippen MR) is 46.7 cm³/mol. The molecular weight excluding hydrogens is 188 g/mol. The third-order valence-corrected chi connectivity index (χ3v) is 1.71. The summed E-state index contributed by atoms with van der Waals surface area (Å²) in [6, 6.07) is 0. The molecular formula is C8H14N2O4. The first-order valence-corrected chi connectivity index (χ1v) is 4.45. The standard InChI is InChI=1S/C8H14N2O4/c1-7(11)13-9-3-5-10(6-4-9)14-8(2)12/h3-6H2,1-2H3. The van der Waals surface area contributed by atoms with Crippen molar-refractivity contribution in [2.24, 2.45) is 0 Å². The summed E-state index contributed by atoms with van der Waals surface area (Å²) in [6.07, 6.45) is 0. The van der Waals surface area contributed by atoms with E-state index in [4.69, 9.17) is 9.68 Å². The first kappa shape index (κ1) is 10.9. The van der Waals surface area contributed by atoms with E-state index in [1.807, 2.05) is 0 Å². The van der Waals surface area contributed by atoms with Crippen LogP contribution in [-0.4, -0.2) is 48.2 Å². The van der Waals surface area contributed by atoms with Crippen molar-refractivity contribution in [1.29, 1.82) is 0 Å². The number of carbonyl (C=O) groups is 2. The Morgan fingerprint density at radius 2 is 1.14 bits per heavy atom. The van der Waals surface area contributed by atoms with E-state index in [0.29, 0.717) is 26.2 Å². The maximum Gasteiger partial charge on any atom is 0.322 e. The molecule has 14 heavy (non-hydrogen) atoms. The Bertz CT molecular complexity index is 199. The molecule has 0 aliphatic carbocycles. The largest absolute Gasteiger partial charge is 0.368 e. The molecule has 0 unspecified atom stereocenters. The maximum absolute atomic E-state index is 10.6. The fourth-order valence-electron chi connectivity index (χ4n) is 1.22. The molecule has 0 aromatic rings. The van der Waals surface area contributed by atoms with Crippen molar-refractivity contribution in [2.75, 3.05) is 26.2 Å². The molecule has 0 saturated carbocycles. The maximum atomic E-state index is 10.6. The van der Waals surface area contributed by atoms with Crippen molar-refractivity contribution in [1.82, 2.24) is 10.1 Å². The molecule has 6 nitrogen and oxygen atoms in total. The molecule has 80 valence electrons. The molecule has 0 radical (unpaired) electrons. The molecule has 1 saturated heterocycles. The molecule has 0 atom stereocenters. The quantitative estimate of drug-likeness (QED) is 0.605. The molecule has 6 heteroatoms. The van der Waals surface area contributed by atoms with Crippen molar-refractivity contribution >= 4 is 11.9 Å². The van der Waals surface area contributed by atoms with Gasteiger partial charge in [0.25, 0.3) is 0 Å². The van der Waals surface area contributed by atoms with Gasteiger partial charge in [0.1, 0.15) is 0 Å². The number of nitrogens with zero attached hydrogens (tertiary/aromatic N) is 2. The van der Waals surface area contributed by atoms with E-state index in [2.05, 4.69) is 0 Å². The fourth-order valence-corrected chi connectivity index (χ4v) is 1.22. The first-order chi connectivity index (χ1) is 6.58. The zero-order chi connectivity index (χ0) is 10.6. The van der Waals surface area contributed by atoms with E-state index in [1.54, 1.807) is 10.1 Å². The minimum atomic E-state index is -0.328. The molecule has 1 aliphatic rings. The molecule has 0 spiro atoms. The summed E-state index contributed by atoms with van der Waals surface area (Å²) in [4.78, 5) is 31.0. The summed E-state index contributed by atoms with van der Waals surface area (Å²) in [5.41, 5.74) is 0. The van der Waals surface area contributed by atoms with Crippen LogP contribution in [0.25, 0.3) is 0 Å². The summed E-state index contributed by atoms with van der Waals surface area (Å²) >= 11 is 0. The van der Waals surface area contributed by atoms with Crippen LogP contribution in [0.5, 0.6) is 0 Å². The number of hydroxylamine groups is 4. The van der Waals surface area contributed by atoms with E-state index in [9.17, 15) is 9.59 Å². The zero-order valence-electron chi connectivity index (χ0n) is 8.36. The highest BCUT2D eigenvalue weighted by molar-refractivity contribution is 5.65. The van der Waals surface area contributed by atoms with Gasteiger partial charge in [-0.3, -0.25) is 9.59 Å². The summed E-state index contributed by atoms with van der Waals surface area (Å²) in [7, 11) is 0. The van der Waals surface area contributed by atoms with Crippen molar-refractivity contribution in [2.45, 2.75) is 13.8 Å². The van der Waals surface area contributed by atoms with Crippen LogP contribution in [0.15, 0.2) is 0 Å². The van der Waals surface area contributed by atoms with Gasteiger partial charge in [-0.1, -0.05) is 0 Å². The third-order valence-electron chi connectivity index (χ3n) is 1.71. The SMILES string of the molecule is CC(=O)ON1CCN(OC(C)=O)CC1. The van der Waals surface area contributed by atoms with Gasteiger partial charge >= 0.3 is 11.9 Å². The van der Waals surface area contributed by atoms with E-state index >= 15 is 0 Å². The van der Waals surface area contributed by atoms with Crippen molar-refractivity contribution < 1.29 is 19.3 Å². The number of rotatable bonds is 2. The molecule has 1 heterocycles. The van der Waals surface area contributed by atoms with Crippen LogP contribution in [0.3, 0.4) is 0 Å². The summed E-state index contributed by atoms with van der Waals surface area (Å²) in [6.45, 7) is 4.91. The Morgan fingerprint density at radius 3 is 1.36 bits per heavy atom. The van der Waals surface area contributed by atoms with E-state index in [-0.39, 0.29) is 11.9 Å². The average Bonchev–Trinajstić information content (AvgIpc) is 2.06. The topological polar surface area (TPSA) is 59.1 Å². The lowest BCUT2D eigenvalue weighted by Crippen LogP contribution is -2.47. The highest BCUT2D eigenvalue weighted by atomic mass is 16.7. The summed E-state index contributed by atoms with van der Waals surface area (Å²) in [5.74, 6) is -0.656. The molecule has 0 amide bonds. The summed E-state index contributed by atoms with van der Waals surface area (Å²) < 4.78 is 0. The van der Waals surface area contributed by atoms with Crippen LogP contribution in [0.1, 0.15) is 13.8 Å². The number of hydrogen-bond donors (Lipinski definition) is 0. The van der Waals surface area contributed by atoms with Gasteiger partial charge in [-0.05, 0) is 0 Å². The highest BCUT2D eigenvalue weighted by Crippen LogP contribution is 2.03. The second kappa shape index (κ2) is 4.92. The van der Waals surface area contributed by atoms with E-state index in [0.717, 1.165) is 0 Å². The smallest absolute Gasteiger partial charge is 0.322 e. The molecule has 1 aliphatic heterocycles. The van der Waals surface area contributed by atoms with Gasteiger partial charge in [0.15, 0.2) is 0 Å². The summed E-state index contributed by atoms with van der Waals surface area (Å²) in [5, 5.41) is 3.12. The number of hydrogen-bond acceptors (Lipinski definition) is 6. The van der Waals surface area contributed by atoms with Crippen LogP contribution < -0.4 is 0 Å². The number of piperazine rings is 1. The van der Waals surface area contributed by atoms with Gasteiger partial charge in [-0.2, -0.15) is 0 Å². The highest BCUT2D eigenvalue weighted by Gasteiger charge is 2.20. The van der Waals surface area contributed by atoms with Gasteiger partial charge in [-0.25, -0.2) is 0 Å². The van der Waals surface area contributed by atoms with Crippen molar-refractivity contribution in [3.05, 3.63) is 0 Å². The van der Waals surface area contributed by atoms with Crippen molar-refractivity contribution in [3.63, 3.8) is 0 Å². The first-order valence-electron chi connectivity index (χ1n) is 4.45. The van der Waals surface area contributed by atoms with Gasteiger partial charge in [0.2, 0.25) is 0 Å². The molecule has 0 aromatic heterocycles. The van der Waals surface area contributed by atoms with E-state index in [1.165, 1.54) is 13.8 Å². The van der Waals surface area contributed by atoms with Crippen LogP contribution in [0.2, 0.25) is 0 Å². The molecule has 0 N–H and O–H groups in total. The molecule has 0 bridgehead atoms. The van der Waals surface area contributed by atoms with E-state index < -0.39 is 0 Å². The van der Waals surface area contributed by atoms with Crippen LogP contribution >= 0.6 is 0 Å². The van der Waals surface area contributed by atoms with Gasteiger partial charge in [-0.15, -0.1) is 10.1 Å². The molecule has 1 fully saturated rings. The van der Waals surface area contributed by atoms with Crippen LogP contribution in [0.4, 0.5) is 0 Å². The molecule has 0 aromatic carbocycles. The Kier molecular flexibility index (Phi) is 3.84. The van der Waals surface area contributed by atoms with Crippen molar-refractivity contribution in [3.8, 4) is 0 Å². The number of carbonyl (C=O) groups excluding carboxylic acids is 2. The normalized spacial score (nSPS) is 19.0. The predicted octanol–water partition coefficient (Wildman–Crippen LogP) is -0.440. The molecule has 1 rings (SSSR count). The zero-order valence-corrected chi connectivity index (χ0v) is 8.36. The minimum Gasteiger partial charge on any atom is -0.368 e. The van der Waals surface area contributed by atoms with Gasteiger partial charge < -0.3 is 9.68 Å². The Labute approximate surface area is 82.3 Å². The van der Waals surface area contributed by atoms with Crippen LogP contribution in [-0.2, 0) is 19.3 Å². The lowest BCUT2D eigenvalue weighted by molar-refractivity contribution is -0.229. The lowest BCUT2D eigenvalue weighted by atomic mass is 10.4. The monoisotopic (exact) mass is 202 g/mol. The van der Waals surface area contributed by atoms with Crippen LogP contribution in [0, 0.1) is 0 Å². The Morgan fingerprint density at radius 1 is 0.857 bits per heavy atom. The second-order valence-corrected chi connectivity index (χ2v) is 3.02. The fraction of sp³-hybridized carbons (Fsp3) is 0.750. The minimum absolute atomic E-state index is 0.328. The lowest BCUT2D eigenvalue weighted by Gasteiger charge is -2.31. The Hall–Kier alpha value is -1.14. The van der Waals surface area contributed by atoms with Gasteiger partial charge in [0.05, 0.1) is 26.2 Å². The average molecular weight is 202 g/mol. The Balaban J connectivity index is 2.24. The third kappa shape index (κ3) is 3.71.